The highest BCUT2D eigenvalue weighted by atomic mass is 16.4. The molecule has 5 nitrogen and oxygen atoms in total. The molecule has 3 rings (SSSR count). The fourth-order valence-corrected chi connectivity index (χ4v) is 2.18. The van der Waals surface area contributed by atoms with Gasteiger partial charge in [-0.3, -0.25) is 9.59 Å². The number of benzene rings is 2. The van der Waals surface area contributed by atoms with Gasteiger partial charge in [0.25, 0.3) is 11.8 Å². The number of carbonyl (C=O) groups excluding carboxylic acids is 3. The molecule has 0 saturated heterocycles. The van der Waals surface area contributed by atoms with Crippen LogP contribution in [0.15, 0.2) is 48.5 Å². The number of aromatic carboxylic acids is 1. The van der Waals surface area contributed by atoms with Crippen LogP contribution in [0.2, 0.25) is 0 Å². The summed E-state index contributed by atoms with van der Waals surface area (Å²) in [5, 5.41) is 10.8. The van der Waals surface area contributed by atoms with Crippen molar-refractivity contribution in [2.24, 2.45) is 0 Å². The molecule has 1 heterocycles. The first-order chi connectivity index (χ1) is 9.59. The molecule has 0 unspecified atom stereocenters. The second-order valence-corrected chi connectivity index (χ2v) is 4.33. The van der Waals surface area contributed by atoms with E-state index < -0.39 is 17.8 Å². The molecule has 5 heteroatoms. The number of hydrogen-bond acceptors (Lipinski definition) is 4. The van der Waals surface area contributed by atoms with Crippen molar-refractivity contribution in [3.05, 3.63) is 65.2 Å². The van der Waals surface area contributed by atoms with E-state index in [1.165, 1.54) is 18.2 Å². The minimum absolute atomic E-state index is 0.0838. The maximum absolute atomic E-state index is 12.3. The number of anilines is 1. The van der Waals surface area contributed by atoms with Crippen LogP contribution in [-0.4, -0.2) is 17.8 Å². The molecular weight excluding hydrogens is 258 g/mol. The number of carboxylic acid groups (broad SMARTS) is 1. The molecular formula is C15H8NO4-. The first kappa shape index (κ1) is 12.1. The van der Waals surface area contributed by atoms with Crippen molar-refractivity contribution < 1.29 is 19.5 Å². The highest BCUT2D eigenvalue weighted by Crippen LogP contribution is 2.28. The van der Waals surface area contributed by atoms with Crippen LogP contribution in [0, 0.1) is 0 Å². The number of nitrogens with zero attached hydrogens (tertiary/aromatic N) is 1. The minimum Gasteiger partial charge on any atom is -0.545 e. The van der Waals surface area contributed by atoms with Crippen LogP contribution >= 0.6 is 0 Å². The third-order valence-corrected chi connectivity index (χ3v) is 3.14. The van der Waals surface area contributed by atoms with E-state index in [1.807, 2.05) is 0 Å². The molecule has 0 radical (unpaired) electrons. The van der Waals surface area contributed by atoms with Crippen molar-refractivity contribution in [1.82, 2.24) is 0 Å². The van der Waals surface area contributed by atoms with Crippen LogP contribution in [0.1, 0.15) is 31.1 Å². The zero-order chi connectivity index (χ0) is 14.3. The van der Waals surface area contributed by atoms with Crippen molar-refractivity contribution >= 4 is 23.5 Å². The SMILES string of the molecule is O=C([O-])c1ccc2c(c1)C(=O)N(c1ccccc1)C2=O. The highest BCUT2D eigenvalue weighted by Gasteiger charge is 2.36. The van der Waals surface area contributed by atoms with Crippen LogP contribution in [0.4, 0.5) is 5.69 Å². The third kappa shape index (κ3) is 1.68. The summed E-state index contributed by atoms with van der Waals surface area (Å²) >= 11 is 0. The Kier molecular flexibility index (Phi) is 2.61. The Morgan fingerprint density at radius 1 is 0.900 bits per heavy atom. The molecule has 0 atom stereocenters. The molecule has 0 saturated carbocycles. The van der Waals surface area contributed by atoms with Gasteiger partial charge in [0.15, 0.2) is 0 Å². The van der Waals surface area contributed by atoms with Gasteiger partial charge in [0.05, 0.1) is 22.8 Å². The fraction of sp³-hybridized carbons (Fsp3) is 0. The average molecular weight is 266 g/mol. The van der Waals surface area contributed by atoms with Crippen LogP contribution in [0.3, 0.4) is 0 Å². The van der Waals surface area contributed by atoms with E-state index in [9.17, 15) is 19.5 Å². The quantitative estimate of drug-likeness (QED) is 0.755. The lowest BCUT2D eigenvalue weighted by Crippen LogP contribution is -2.29. The van der Waals surface area contributed by atoms with Crippen LogP contribution in [0.5, 0.6) is 0 Å². The van der Waals surface area contributed by atoms with E-state index in [2.05, 4.69) is 0 Å². The summed E-state index contributed by atoms with van der Waals surface area (Å²) in [5.74, 6) is -2.37. The molecule has 0 fully saturated rings. The predicted octanol–water partition coefficient (Wildman–Crippen LogP) is 0.851. The van der Waals surface area contributed by atoms with Gasteiger partial charge in [-0.05, 0) is 29.8 Å². The summed E-state index contributed by atoms with van der Waals surface area (Å²) in [4.78, 5) is 36.4. The van der Waals surface area contributed by atoms with Gasteiger partial charge in [-0.1, -0.05) is 24.3 Å². The van der Waals surface area contributed by atoms with E-state index in [0.29, 0.717) is 5.69 Å². The van der Waals surface area contributed by atoms with Crippen LogP contribution in [0.25, 0.3) is 0 Å². The predicted molar refractivity (Wildman–Crippen MR) is 68.4 cm³/mol. The number of rotatable bonds is 2. The van der Waals surface area contributed by atoms with Gasteiger partial charge in [-0.25, -0.2) is 4.90 Å². The number of para-hydroxylation sites is 1. The van der Waals surface area contributed by atoms with Gasteiger partial charge in [-0.2, -0.15) is 0 Å². The van der Waals surface area contributed by atoms with Crippen molar-refractivity contribution in [1.29, 1.82) is 0 Å². The van der Waals surface area contributed by atoms with Crippen LogP contribution in [-0.2, 0) is 0 Å². The standard InChI is InChI=1S/C15H9NO4/c17-13-11-7-6-9(15(19)20)8-12(11)14(18)16(13)10-4-2-1-3-5-10/h1-8H,(H,19,20)/p-1. The fourth-order valence-electron chi connectivity index (χ4n) is 2.18. The largest absolute Gasteiger partial charge is 0.545 e. The molecule has 1 aliphatic heterocycles. The molecule has 0 aliphatic carbocycles. The first-order valence-corrected chi connectivity index (χ1v) is 5.89. The third-order valence-electron chi connectivity index (χ3n) is 3.14. The lowest BCUT2D eigenvalue weighted by Gasteiger charge is -2.13. The maximum Gasteiger partial charge on any atom is 0.266 e. The maximum atomic E-state index is 12.3. The van der Waals surface area contributed by atoms with Crippen molar-refractivity contribution in [2.45, 2.75) is 0 Å². The Morgan fingerprint density at radius 2 is 1.55 bits per heavy atom. The van der Waals surface area contributed by atoms with E-state index in [0.717, 1.165) is 4.90 Å². The number of carboxylic acids is 1. The van der Waals surface area contributed by atoms with Gasteiger partial charge in [0, 0.05) is 0 Å². The average Bonchev–Trinajstić information content (AvgIpc) is 2.71. The molecule has 2 aromatic carbocycles. The number of fused-ring (bicyclic) bond motifs is 1. The zero-order valence-electron chi connectivity index (χ0n) is 10.2. The number of imide groups is 1. The van der Waals surface area contributed by atoms with Gasteiger partial charge in [0.1, 0.15) is 0 Å². The minimum atomic E-state index is -1.38. The van der Waals surface area contributed by atoms with Crippen molar-refractivity contribution in [3.63, 3.8) is 0 Å². The molecule has 20 heavy (non-hydrogen) atoms. The van der Waals surface area contributed by atoms with E-state index in [1.54, 1.807) is 30.3 Å². The lowest BCUT2D eigenvalue weighted by atomic mass is 10.1. The summed E-state index contributed by atoms with van der Waals surface area (Å²) in [6.45, 7) is 0. The van der Waals surface area contributed by atoms with Gasteiger partial charge >= 0.3 is 0 Å². The van der Waals surface area contributed by atoms with E-state index >= 15 is 0 Å². The number of carbonyl (C=O) groups is 3. The summed E-state index contributed by atoms with van der Waals surface area (Å²) in [7, 11) is 0. The van der Waals surface area contributed by atoms with Crippen molar-refractivity contribution in [2.75, 3.05) is 4.90 Å². The Bertz CT molecular complexity index is 737. The molecule has 0 spiro atoms. The first-order valence-electron chi connectivity index (χ1n) is 5.89. The smallest absolute Gasteiger partial charge is 0.266 e. The summed E-state index contributed by atoms with van der Waals surface area (Å²) in [6, 6.07) is 12.3. The Hall–Kier alpha value is -2.95. The molecule has 2 amide bonds. The second-order valence-electron chi connectivity index (χ2n) is 4.33. The molecule has 2 aromatic rings. The Balaban J connectivity index is 2.11. The Morgan fingerprint density at radius 3 is 2.20 bits per heavy atom. The molecule has 0 bridgehead atoms. The Labute approximate surface area is 114 Å². The molecule has 0 N–H and O–H groups in total. The van der Waals surface area contributed by atoms with Gasteiger partial charge in [-0.15, -0.1) is 0 Å². The van der Waals surface area contributed by atoms with Gasteiger partial charge in [0.2, 0.25) is 0 Å². The highest BCUT2D eigenvalue weighted by molar-refractivity contribution is 6.34. The van der Waals surface area contributed by atoms with Gasteiger partial charge < -0.3 is 9.90 Å². The van der Waals surface area contributed by atoms with Crippen LogP contribution < -0.4 is 10.0 Å². The monoisotopic (exact) mass is 266 g/mol. The molecule has 1 aliphatic rings. The zero-order valence-corrected chi connectivity index (χ0v) is 10.2. The normalized spacial score (nSPS) is 13.5. The number of amides is 2. The summed E-state index contributed by atoms with van der Waals surface area (Å²) < 4.78 is 0. The summed E-state index contributed by atoms with van der Waals surface area (Å²) in [6.07, 6.45) is 0. The second kappa shape index (κ2) is 4.31. The topological polar surface area (TPSA) is 77.5 Å². The van der Waals surface area contributed by atoms with E-state index in [4.69, 9.17) is 0 Å². The lowest BCUT2D eigenvalue weighted by molar-refractivity contribution is -0.255. The van der Waals surface area contributed by atoms with Crippen molar-refractivity contribution in [3.8, 4) is 0 Å². The summed E-state index contributed by atoms with van der Waals surface area (Å²) in [5.41, 5.74) is 0.609. The molecule has 0 aromatic heterocycles. The number of hydrogen-bond donors (Lipinski definition) is 0. The molecule has 98 valence electrons. The van der Waals surface area contributed by atoms with E-state index in [-0.39, 0.29) is 16.7 Å².